The van der Waals surface area contributed by atoms with E-state index in [4.69, 9.17) is 4.42 Å². The molecule has 362 valence electrons. The van der Waals surface area contributed by atoms with E-state index in [1.54, 1.807) is 11.1 Å². The van der Waals surface area contributed by atoms with E-state index < -0.39 is 0 Å². The lowest BCUT2D eigenvalue weighted by atomic mass is 9.32. The SMILES string of the molecule is Cc1cc2c(cc1N1c3cc(C(C)(C)C)cc4c3B(c3cc5c(cc3N4c3ccc4c(c3)C(C)(C)CCC4(C)C)C3(C)CCC5(C)CC3)c3c1oc1c3C(C)(C)CCC1(C)C)C(C)(C)CCC2(C)C. The summed E-state index contributed by atoms with van der Waals surface area (Å²) in [5.41, 5.74) is 24.8. The van der Waals surface area contributed by atoms with Crippen LogP contribution in [0.4, 0.5) is 34.3 Å². The first-order chi connectivity index (χ1) is 31.9. The third-order valence-electron chi connectivity index (χ3n) is 20.8. The molecule has 4 aromatic carbocycles. The smallest absolute Gasteiger partial charge is 0.256 e. The summed E-state index contributed by atoms with van der Waals surface area (Å²) in [6, 6.07) is 23.6. The molecule has 2 bridgehead atoms. The van der Waals surface area contributed by atoms with Crippen molar-refractivity contribution in [3.63, 3.8) is 0 Å². The van der Waals surface area contributed by atoms with Gasteiger partial charge in [-0.3, -0.25) is 4.90 Å². The predicted molar refractivity (Wildman–Crippen MR) is 295 cm³/mol. The maximum absolute atomic E-state index is 7.86. The van der Waals surface area contributed by atoms with Crippen molar-refractivity contribution in [3.8, 4) is 0 Å². The van der Waals surface area contributed by atoms with E-state index in [-0.39, 0.29) is 55.4 Å². The number of benzene rings is 4. The normalized spacial score (nSPS) is 26.6. The fourth-order valence-electron chi connectivity index (χ4n) is 15.4. The van der Waals surface area contributed by atoms with Crippen molar-refractivity contribution >= 4 is 57.4 Å². The van der Waals surface area contributed by atoms with Crippen molar-refractivity contribution < 1.29 is 4.42 Å². The topological polar surface area (TPSA) is 19.6 Å². The summed E-state index contributed by atoms with van der Waals surface area (Å²) < 4.78 is 7.86. The van der Waals surface area contributed by atoms with Gasteiger partial charge in [0.15, 0.2) is 5.88 Å². The lowest BCUT2D eigenvalue weighted by molar-refractivity contribution is 0.188. The molecule has 13 rings (SSSR count). The molecule has 3 nitrogen and oxygen atoms in total. The lowest BCUT2D eigenvalue weighted by Crippen LogP contribution is -2.63. The minimum Gasteiger partial charge on any atom is -0.444 e. The molecule has 1 fully saturated rings. The molecule has 1 saturated carbocycles. The highest BCUT2D eigenvalue weighted by Gasteiger charge is 2.55. The maximum atomic E-state index is 7.86. The Morgan fingerprint density at radius 1 is 0.449 bits per heavy atom. The van der Waals surface area contributed by atoms with Gasteiger partial charge in [-0.2, -0.15) is 0 Å². The molecule has 0 atom stereocenters. The van der Waals surface area contributed by atoms with Crippen molar-refractivity contribution in [2.45, 2.75) is 238 Å². The van der Waals surface area contributed by atoms with Crippen molar-refractivity contribution in [3.05, 3.63) is 110 Å². The van der Waals surface area contributed by atoms with Crippen LogP contribution in [0, 0.1) is 6.92 Å². The Hall–Kier alpha value is -4.18. The highest BCUT2D eigenvalue weighted by atomic mass is 16.4. The summed E-state index contributed by atoms with van der Waals surface area (Å²) in [4.78, 5) is 5.45. The van der Waals surface area contributed by atoms with Crippen molar-refractivity contribution in [2.75, 3.05) is 9.80 Å². The van der Waals surface area contributed by atoms with Crippen molar-refractivity contribution in [1.82, 2.24) is 0 Å². The van der Waals surface area contributed by atoms with Gasteiger partial charge in [-0.25, -0.2) is 0 Å². The van der Waals surface area contributed by atoms with Crippen LogP contribution in [0.3, 0.4) is 0 Å². The van der Waals surface area contributed by atoms with Crippen LogP contribution in [0.1, 0.15) is 238 Å². The number of fused-ring (bicyclic) bond motifs is 10. The molecule has 5 aromatic rings. The molecule has 0 radical (unpaired) electrons. The average Bonchev–Trinajstić information content (AvgIpc) is 3.69. The van der Waals surface area contributed by atoms with E-state index in [2.05, 4.69) is 189 Å². The molecule has 0 unspecified atom stereocenters. The van der Waals surface area contributed by atoms with Crippen LogP contribution in [0.5, 0.6) is 0 Å². The van der Waals surface area contributed by atoms with Gasteiger partial charge in [0.1, 0.15) is 5.76 Å². The highest BCUT2D eigenvalue weighted by Crippen LogP contribution is 2.60. The van der Waals surface area contributed by atoms with E-state index in [0.717, 1.165) is 18.7 Å². The molecule has 0 spiro atoms. The van der Waals surface area contributed by atoms with Gasteiger partial charge in [-0.05, 0) is 217 Å². The summed E-state index contributed by atoms with van der Waals surface area (Å²) >= 11 is 0. The van der Waals surface area contributed by atoms with Crippen LogP contribution in [-0.2, 0) is 48.7 Å². The molecule has 6 aliphatic carbocycles. The van der Waals surface area contributed by atoms with Crippen LogP contribution in [0.2, 0.25) is 0 Å². The number of hydrogen-bond donors (Lipinski definition) is 0. The Balaban J connectivity index is 1.25. The van der Waals surface area contributed by atoms with E-state index in [1.807, 2.05) is 0 Å². The van der Waals surface area contributed by atoms with E-state index in [9.17, 15) is 0 Å². The number of aryl methyl sites for hydroxylation is 1. The largest absolute Gasteiger partial charge is 0.444 e. The van der Waals surface area contributed by atoms with E-state index in [0.29, 0.717) is 0 Å². The number of rotatable bonds is 2. The van der Waals surface area contributed by atoms with E-state index >= 15 is 0 Å². The molecule has 69 heavy (non-hydrogen) atoms. The summed E-state index contributed by atoms with van der Waals surface area (Å²) in [6.45, 7) is 44.7. The molecular formula is C65H83BN2O. The standard InChI is InChI=1S/C65H83BN2O/c1-38-31-42-44(61(11,12)24-23-59(42,7)8)36-48(38)68-51-33-39(57(2,3)4)32-50-53(51)66(54-52-55(69-56(54)68)63(15,16)26-25-62(52,13)14)47-35-45-46(65(18)29-27-64(45,17)28-30-65)37-49(47)67(50)40-19-20-41-43(34-40)60(9,10)22-21-58(41,5)6/h19-20,31-37H,21-30H2,1-18H3. The van der Waals surface area contributed by atoms with Crippen molar-refractivity contribution in [2.24, 2.45) is 0 Å². The Labute approximate surface area is 417 Å². The Kier molecular flexibility index (Phi) is 9.09. The number of furan rings is 1. The van der Waals surface area contributed by atoms with Gasteiger partial charge in [0.2, 0.25) is 0 Å². The summed E-state index contributed by atoms with van der Waals surface area (Å²) in [5, 5.41) is 0. The van der Waals surface area contributed by atoms with Gasteiger partial charge >= 0.3 is 0 Å². The Morgan fingerprint density at radius 3 is 1.51 bits per heavy atom. The van der Waals surface area contributed by atoms with Crippen LogP contribution < -0.4 is 26.2 Å². The highest BCUT2D eigenvalue weighted by molar-refractivity contribution is 7.00. The zero-order valence-corrected chi connectivity index (χ0v) is 46.1. The summed E-state index contributed by atoms with van der Waals surface area (Å²) in [5.74, 6) is 2.26. The minimum absolute atomic E-state index is 0.0191. The number of anilines is 6. The first-order valence-corrected chi connectivity index (χ1v) is 27.4. The average molecular weight is 919 g/mol. The maximum Gasteiger partial charge on any atom is 0.256 e. The van der Waals surface area contributed by atoms with Crippen LogP contribution >= 0.6 is 0 Å². The first-order valence-electron chi connectivity index (χ1n) is 27.4. The monoisotopic (exact) mass is 919 g/mol. The summed E-state index contributed by atoms with van der Waals surface area (Å²) in [7, 11) is 0. The van der Waals surface area contributed by atoms with Crippen LogP contribution in [0.25, 0.3) is 0 Å². The molecule has 0 N–H and O–H groups in total. The molecule has 0 saturated heterocycles. The first kappa shape index (κ1) is 45.9. The number of hydrogen-bond acceptors (Lipinski definition) is 3. The molecular weight excluding hydrogens is 836 g/mol. The zero-order valence-electron chi connectivity index (χ0n) is 46.1. The second-order valence-corrected chi connectivity index (χ2v) is 29.6. The van der Waals surface area contributed by atoms with Gasteiger partial charge in [0.05, 0.1) is 5.69 Å². The minimum atomic E-state index is -0.110. The van der Waals surface area contributed by atoms with E-state index in [1.165, 1.54) is 141 Å². The number of nitrogens with zero attached hydrogens (tertiary/aromatic N) is 2. The van der Waals surface area contributed by atoms with Crippen molar-refractivity contribution in [1.29, 1.82) is 0 Å². The molecule has 0 amide bonds. The lowest BCUT2D eigenvalue weighted by Gasteiger charge is -2.53. The molecule has 4 heteroatoms. The fourth-order valence-corrected chi connectivity index (χ4v) is 15.4. The van der Waals surface area contributed by atoms with Crippen LogP contribution in [-0.4, -0.2) is 6.71 Å². The van der Waals surface area contributed by atoms with Gasteiger partial charge in [-0.1, -0.05) is 136 Å². The van der Waals surface area contributed by atoms with Gasteiger partial charge < -0.3 is 9.32 Å². The Morgan fingerprint density at radius 2 is 0.928 bits per heavy atom. The molecule has 1 aromatic heterocycles. The van der Waals surface area contributed by atoms with Gasteiger partial charge in [-0.15, -0.1) is 0 Å². The third kappa shape index (κ3) is 6.23. The summed E-state index contributed by atoms with van der Waals surface area (Å²) in [6.07, 6.45) is 12.1. The quantitative estimate of drug-likeness (QED) is 0.161. The second kappa shape index (κ2) is 13.7. The third-order valence-corrected chi connectivity index (χ3v) is 20.8. The Bertz CT molecular complexity index is 3060. The zero-order chi connectivity index (χ0) is 49.3. The predicted octanol–water partition coefficient (Wildman–Crippen LogP) is 16.1. The van der Waals surface area contributed by atoms with Gasteiger partial charge in [0.25, 0.3) is 6.71 Å². The molecule has 3 heterocycles. The molecule has 2 aliphatic heterocycles. The van der Waals surface area contributed by atoms with Gasteiger partial charge in [0, 0.05) is 28.2 Å². The molecule has 8 aliphatic rings. The fraction of sp³-hybridized carbons (Fsp3) is 0.569. The van der Waals surface area contributed by atoms with Crippen LogP contribution in [0.15, 0.2) is 59.0 Å². The second-order valence-electron chi connectivity index (χ2n) is 29.6.